The molecule has 0 aliphatic carbocycles. The van der Waals surface area contributed by atoms with Crippen LogP contribution in [0.3, 0.4) is 0 Å². The molecule has 3 heteroatoms. The first-order valence-corrected chi connectivity index (χ1v) is 7.09. The number of carbonyl (C=O) groups excluding carboxylic acids is 1. The maximum atomic E-state index is 11.9. The second-order valence-electron chi connectivity index (χ2n) is 4.65. The second kappa shape index (κ2) is 5.85. The summed E-state index contributed by atoms with van der Waals surface area (Å²) in [4.78, 5) is 11.9. The summed E-state index contributed by atoms with van der Waals surface area (Å²) >= 11 is 1.62. The Morgan fingerprint density at radius 3 is 2.47 bits per heavy atom. The molecule has 98 valence electrons. The Morgan fingerprint density at radius 2 is 1.89 bits per heavy atom. The second-order valence-corrected chi connectivity index (χ2v) is 5.43. The summed E-state index contributed by atoms with van der Waals surface area (Å²) in [6, 6.07) is 6.13. The lowest BCUT2D eigenvalue weighted by molar-refractivity contribution is -0.111. The van der Waals surface area contributed by atoms with Crippen LogP contribution in [-0.4, -0.2) is 5.91 Å². The predicted octanol–water partition coefficient (Wildman–Crippen LogP) is 4.33. The number of rotatable bonds is 3. The normalized spacial score (nSPS) is 10.9. The Labute approximate surface area is 117 Å². The quantitative estimate of drug-likeness (QED) is 0.827. The van der Waals surface area contributed by atoms with E-state index in [2.05, 4.69) is 24.4 Å². The smallest absolute Gasteiger partial charge is 0.248 e. The van der Waals surface area contributed by atoms with Gasteiger partial charge in [0.15, 0.2) is 0 Å². The first-order valence-electron chi connectivity index (χ1n) is 6.15. The van der Waals surface area contributed by atoms with Crippen molar-refractivity contribution < 1.29 is 4.79 Å². The Balaban J connectivity index is 2.11. The highest BCUT2D eigenvalue weighted by atomic mass is 32.1. The molecule has 0 unspecified atom stereocenters. The number of amides is 1. The fourth-order valence-electron chi connectivity index (χ4n) is 2.08. The van der Waals surface area contributed by atoms with Crippen molar-refractivity contribution in [2.75, 3.05) is 5.32 Å². The minimum Gasteiger partial charge on any atom is -0.322 e. The lowest BCUT2D eigenvalue weighted by Gasteiger charge is -2.11. The van der Waals surface area contributed by atoms with E-state index in [0.717, 1.165) is 22.4 Å². The molecule has 0 spiro atoms. The molecule has 1 N–H and O–H groups in total. The van der Waals surface area contributed by atoms with Crippen LogP contribution in [-0.2, 0) is 4.79 Å². The summed E-state index contributed by atoms with van der Waals surface area (Å²) in [6.07, 6.45) is 3.39. The Bertz CT molecular complexity index is 589. The molecule has 19 heavy (non-hydrogen) atoms. The Hall–Kier alpha value is -1.87. The zero-order chi connectivity index (χ0) is 13.8. The van der Waals surface area contributed by atoms with Gasteiger partial charge >= 0.3 is 0 Å². The molecule has 0 bridgehead atoms. The number of thiophene rings is 1. The van der Waals surface area contributed by atoms with Crippen molar-refractivity contribution in [3.63, 3.8) is 0 Å². The first-order chi connectivity index (χ1) is 9.06. The number of benzene rings is 1. The van der Waals surface area contributed by atoms with E-state index in [4.69, 9.17) is 0 Å². The summed E-state index contributed by atoms with van der Waals surface area (Å²) < 4.78 is 0. The standard InChI is InChI=1S/C16H17NOS/c1-11-8-12(2)16(13(3)9-11)17-15(18)5-4-14-6-7-19-10-14/h4-10H,1-3H3,(H,17,18)/b5-4+. The van der Waals surface area contributed by atoms with Gasteiger partial charge in [-0.1, -0.05) is 17.7 Å². The van der Waals surface area contributed by atoms with Gasteiger partial charge in [-0.15, -0.1) is 0 Å². The molecule has 0 fully saturated rings. The van der Waals surface area contributed by atoms with Gasteiger partial charge in [-0.3, -0.25) is 4.79 Å². The van der Waals surface area contributed by atoms with Crippen molar-refractivity contribution in [2.24, 2.45) is 0 Å². The van der Waals surface area contributed by atoms with E-state index < -0.39 is 0 Å². The van der Waals surface area contributed by atoms with Crippen molar-refractivity contribution in [2.45, 2.75) is 20.8 Å². The summed E-state index contributed by atoms with van der Waals surface area (Å²) in [5, 5.41) is 6.94. The van der Waals surface area contributed by atoms with Gasteiger partial charge in [0.05, 0.1) is 0 Å². The largest absolute Gasteiger partial charge is 0.322 e. The maximum Gasteiger partial charge on any atom is 0.248 e. The van der Waals surface area contributed by atoms with Crippen LogP contribution in [0.4, 0.5) is 5.69 Å². The van der Waals surface area contributed by atoms with Gasteiger partial charge in [-0.25, -0.2) is 0 Å². The van der Waals surface area contributed by atoms with Crippen LogP contribution in [0.5, 0.6) is 0 Å². The highest BCUT2D eigenvalue weighted by Crippen LogP contribution is 2.21. The van der Waals surface area contributed by atoms with Crippen LogP contribution >= 0.6 is 11.3 Å². The zero-order valence-electron chi connectivity index (χ0n) is 11.4. The number of hydrogen-bond donors (Lipinski definition) is 1. The summed E-state index contributed by atoms with van der Waals surface area (Å²) in [5.74, 6) is -0.0961. The molecule has 0 aliphatic heterocycles. The van der Waals surface area contributed by atoms with E-state index in [1.54, 1.807) is 17.4 Å². The minimum absolute atomic E-state index is 0.0961. The molecule has 1 aromatic carbocycles. The van der Waals surface area contributed by atoms with E-state index in [1.165, 1.54) is 5.56 Å². The molecule has 0 aliphatic rings. The maximum absolute atomic E-state index is 11.9. The molecule has 1 amide bonds. The number of carbonyl (C=O) groups is 1. The zero-order valence-corrected chi connectivity index (χ0v) is 12.2. The summed E-state index contributed by atoms with van der Waals surface area (Å²) in [7, 11) is 0. The molecule has 0 saturated carbocycles. The van der Waals surface area contributed by atoms with Gasteiger partial charge in [0.1, 0.15) is 0 Å². The summed E-state index contributed by atoms with van der Waals surface area (Å²) in [5.41, 5.74) is 5.36. The lowest BCUT2D eigenvalue weighted by atomic mass is 10.1. The van der Waals surface area contributed by atoms with E-state index >= 15 is 0 Å². The number of aryl methyl sites for hydroxylation is 3. The molecule has 1 heterocycles. The van der Waals surface area contributed by atoms with E-state index in [-0.39, 0.29) is 5.91 Å². The number of nitrogens with one attached hydrogen (secondary N) is 1. The van der Waals surface area contributed by atoms with Crippen LogP contribution in [0.1, 0.15) is 22.3 Å². The lowest BCUT2D eigenvalue weighted by Crippen LogP contribution is -2.10. The molecule has 1 aromatic heterocycles. The Kier molecular flexibility index (Phi) is 4.17. The summed E-state index contributed by atoms with van der Waals surface area (Å²) in [6.45, 7) is 6.08. The average Bonchev–Trinajstić information content (AvgIpc) is 2.84. The highest BCUT2D eigenvalue weighted by molar-refractivity contribution is 7.08. The Morgan fingerprint density at radius 1 is 1.21 bits per heavy atom. The van der Waals surface area contributed by atoms with E-state index in [0.29, 0.717) is 0 Å². The molecule has 0 atom stereocenters. The van der Waals surface area contributed by atoms with Crippen molar-refractivity contribution in [1.82, 2.24) is 0 Å². The third-order valence-corrected chi connectivity index (χ3v) is 3.60. The van der Waals surface area contributed by atoms with Crippen LogP contribution in [0.2, 0.25) is 0 Å². The number of hydrogen-bond acceptors (Lipinski definition) is 2. The monoisotopic (exact) mass is 271 g/mol. The molecule has 2 aromatic rings. The van der Waals surface area contributed by atoms with Gasteiger partial charge in [0.2, 0.25) is 5.91 Å². The SMILES string of the molecule is Cc1cc(C)c(NC(=O)/C=C/c2ccsc2)c(C)c1. The van der Waals surface area contributed by atoms with Gasteiger partial charge in [-0.05, 0) is 60.4 Å². The molecular formula is C16H17NOS. The minimum atomic E-state index is -0.0961. The molecular weight excluding hydrogens is 254 g/mol. The molecule has 0 radical (unpaired) electrons. The van der Waals surface area contributed by atoms with Crippen molar-refractivity contribution in [1.29, 1.82) is 0 Å². The van der Waals surface area contributed by atoms with Gasteiger partial charge < -0.3 is 5.32 Å². The van der Waals surface area contributed by atoms with Crippen LogP contribution in [0, 0.1) is 20.8 Å². The van der Waals surface area contributed by atoms with Crippen LogP contribution < -0.4 is 5.32 Å². The third-order valence-electron chi connectivity index (χ3n) is 2.90. The van der Waals surface area contributed by atoms with E-state index in [1.807, 2.05) is 36.7 Å². The van der Waals surface area contributed by atoms with Gasteiger partial charge in [-0.2, -0.15) is 11.3 Å². The molecule has 0 saturated heterocycles. The van der Waals surface area contributed by atoms with Crippen molar-refractivity contribution in [3.8, 4) is 0 Å². The fourth-order valence-corrected chi connectivity index (χ4v) is 2.71. The fraction of sp³-hybridized carbons (Fsp3) is 0.188. The topological polar surface area (TPSA) is 29.1 Å². The molecule has 2 nitrogen and oxygen atoms in total. The van der Waals surface area contributed by atoms with Crippen LogP contribution in [0.25, 0.3) is 6.08 Å². The van der Waals surface area contributed by atoms with Gasteiger partial charge in [0, 0.05) is 11.8 Å². The average molecular weight is 271 g/mol. The third kappa shape index (κ3) is 3.55. The number of anilines is 1. The predicted molar refractivity (Wildman–Crippen MR) is 82.6 cm³/mol. The van der Waals surface area contributed by atoms with Crippen molar-refractivity contribution >= 4 is 29.0 Å². The molecule has 2 rings (SSSR count). The highest BCUT2D eigenvalue weighted by Gasteiger charge is 2.05. The van der Waals surface area contributed by atoms with Gasteiger partial charge in [0.25, 0.3) is 0 Å². The van der Waals surface area contributed by atoms with Crippen LogP contribution in [0.15, 0.2) is 35.0 Å². The van der Waals surface area contributed by atoms with Crippen molar-refractivity contribution in [3.05, 3.63) is 57.3 Å². The van der Waals surface area contributed by atoms with E-state index in [9.17, 15) is 4.79 Å². The first kappa shape index (κ1) is 13.6.